The minimum atomic E-state index is -0.218. The molecule has 1 atom stereocenters. The molecule has 3 aromatic carbocycles. The third-order valence-corrected chi connectivity index (χ3v) is 6.52. The van der Waals surface area contributed by atoms with Crippen LogP contribution in [0.3, 0.4) is 0 Å². The van der Waals surface area contributed by atoms with Crippen molar-refractivity contribution in [1.82, 2.24) is 0 Å². The largest absolute Gasteiger partial charge is 0.205 e. The van der Waals surface area contributed by atoms with Crippen molar-refractivity contribution in [3.8, 4) is 0 Å². The van der Waals surface area contributed by atoms with Crippen LogP contribution >= 0.6 is 0 Å². The van der Waals surface area contributed by atoms with Gasteiger partial charge in [-0.1, -0.05) is 78.4 Å². The van der Waals surface area contributed by atoms with Crippen molar-refractivity contribution in [2.45, 2.75) is 38.1 Å². The Bertz CT molecular complexity index is 1100. The number of hydrogen-bond donors (Lipinski definition) is 0. The fraction of sp³-hybridized carbons (Fsp3) is 0.222. The van der Waals surface area contributed by atoms with Gasteiger partial charge in [-0.25, -0.2) is 0 Å². The van der Waals surface area contributed by atoms with Gasteiger partial charge in [-0.3, -0.25) is 0 Å². The van der Waals surface area contributed by atoms with Gasteiger partial charge in [0.15, 0.2) is 11.8 Å². The first-order chi connectivity index (χ1) is 13.5. The lowest BCUT2D eigenvalue weighted by atomic mass is 9.63. The van der Waals surface area contributed by atoms with Gasteiger partial charge in [0.25, 0.3) is 0 Å². The van der Waals surface area contributed by atoms with E-state index in [1.807, 2.05) is 0 Å². The van der Waals surface area contributed by atoms with Gasteiger partial charge in [0.1, 0.15) is 5.41 Å². The zero-order valence-corrected chi connectivity index (χ0v) is 16.8. The van der Waals surface area contributed by atoms with Crippen LogP contribution in [0.4, 0.5) is 5.69 Å². The first kappa shape index (κ1) is 17.2. The van der Waals surface area contributed by atoms with Gasteiger partial charge in [-0.15, -0.1) is 0 Å². The molecule has 1 aliphatic carbocycles. The maximum absolute atomic E-state index is 2.48. The number of allylic oxidation sites excluding steroid dienone is 1. The molecule has 2 aliphatic rings. The van der Waals surface area contributed by atoms with Crippen molar-refractivity contribution in [3.05, 3.63) is 113 Å². The van der Waals surface area contributed by atoms with E-state index in [2.05, 4.69) is 117 Å². The Kier molecular flexibility index (Phi) is 3.71. The molecular weight excluding hydrogens is 338 g/mol. The molecule has 0 spiro atoms. The van der Waals surface area contributed by atoms with E-state index in [-0.39, 0.29) is 11.0 Å². The fourth-order valence-corrected chi connectivity index (χ4v) is 5.15. The first-order valence-corrected chi connectivity index (χ1v) is 10.1. The molecule has 0 saturated carbocycles. The van der Waals surface area contributed by atoms with Crippen molar-refractivity contribution in [3.63, 3.8) is 0 Å². The predicted octanol–water partition coefficient (Wildman–Crippen LogP) is 5.97. The average molecular weight is 365 g/mol. The summed E-state index contributed by atoms with van der Waals surface area (Å²) in [5, 5.41) is 0. The van der Waals surface area contributed by atoms with Gasteiger partial charge in [-0.05, 0) is 30.0 Å². The zero-order valence-electron chi connectivity index (χ0n) is 16.8. The van der Waals surface area contributed by atoms with Crippen LogP contribution in [0, 0.1) is 6.92 Å². The number of rotatable bonds is 2. The topological polar surface area (TPSA) is 3.01 Å². The van der Waals surface area contributed by atoms with Gasteiger partial charge < -0.3 is 0 Å². The molecule has 0 bridgehead atoms. The molecule has 0 amide bonds. The molecule has 0 saturated heterocycles. The Morgan fingerprint density at radius 2 is 1.46 bits per heavy atom. The number of benzene rings is 3. The number of aryl methyl sites for hydroxylation is 1. The molecule has 1 nitrogen and oxygen atoms in total. The molecule has 3 aromatic rings. The van der Waals surface area contributed by atoms with Gasteiger partial charge in [0, 0.05) is 31.6 Å². The van der Waals surface area contributed by atoms with E-state index in [0.29, 0.717) is 0 Å². The summed E-state index contributed by atoms with van der Waals surface area (Å²) in [6.07, 6.45) is 5.94. The van der Waals surface area contributed by atoms with Crippen LogP contribution in [0.1, 0.15) is 36.1 Å². The van der Waals surface area contributed by atoms with E-state index < -0.39 is 0 Å². The van der Waals surface area contributed by atoms with Crippen LogP contribution in [0.15, 0.2) is 90.5 Å². The van der Waals surface area contributed by atoms with E-state index in [0.717, 1.165) is 6.42 Å². The Hall–Kier alpha value is -2.93. The highest BCUT2D eigenvalue weighted by molar-refractivity contribution is 5.87. The Morgan fingerprint density at radius 1 is 0.786 bits per heavy atom. The van der Waals surface area contributed by atoms with Crippen LogP contribution in [0.25, 0.3) is 0 Å². The summed E-state index contributed by atoms with van der Waals surface area (Å²) in [6.45, 7) is 6.86. The quantitative estimate of drug-likeness (QED) is 0.389. The first-order valence-electron chi connectivity index (χ1n) is 10.1. The monoisotopic (exact) mass is 364 g/mol. The standard InChI is InChI=1S/C27H26N/c1-20-13-16-23(17-14-20)28-19-27(22-10-5-4-6-11-22)24-12-8-7-9-21(24)15-18-25(27)26(28,2)3/h4-14,16-19H,15H2,1-3H3/q+1/t27-/m1/s1. The van der Waals surface area contributed by atoms with Crippen molar-refractivity contribution in [2.75, 3.05) is 0 Å². The lowest BCUT2D eigenvalue weighted by molar-refractivity contribution is -0.501. The SMILES string of the molecule is Cc1ccc([N+]2=C[C@]3(c4ccccc4)C(=CCc4ccccc43)C2(C)C)cc1. The second-order valence-electron chi connectivity index (χ2n) is 8.55. The lowest BCUT2D eigenvalue weighted by Crippen LogP contribution is -2.39. The highest BCUT2D eigenvalue weighted by Gasteiger charge is 2.58. The summed E-state index contributed by atoms with van der Waals surface area (Å²) in [5.74, 6) is 0. The van der Waals surface area contributed by atoms with Crippen LogP contribution in [0.5, 0.6) is 0 Å². The molecule has 0 unspecified atom stereocenters. The third-order valence-electron chi connectivity index (χ3n) is 6.52. The molecule has 5 rings (SSSR count). The molecule has 0 aromatic heterocycles. The Balaban J connectivity index is 1.84. The summed E-state index contributed by atoms with van der Waals surface area (Å²) in [5.41, 5.74) is 7.89. The fourth-order valence-electron chi connectivity index (χ4n) is 5.15. The van der Waals surface area contributed by atoms with E-state index in [1.165, 1.54) is 33.5 Å². The maximum Gasteiger partial charge on any atom is 0.205 e. The smallest absolute Gasteiger partial charge is 0.192 e. The predicted molar refractivity (Wildman–Crippen MR) is 117 cm³/mol. The zero-order chi connectivity index (χ0) is 19.4. The number of fused-ring (bicyclic) bond motifs is 3. The van der Waals surface area contributed by atoms with Crippen LogP contribution in [-0.2, 0) is 11.8 Å². The summed E-state index contributed by atoms with van der Waals surface area (Å²) in [6, 6.07) is 28.8. The highest BCUT2D eigenvalue weighted by atomic mass is 15.1. The van der Waals surface area contributed by atoms with Crippen molar-refractivity contribution >= 4 is 11.9 Å². The van der Waals surface area contributed by atoms with Crippen LogP contribution in [0.2, 0.25) is 0 Å². The molecule has 1 aliphatic heterocycles. The Labute approximate surface area is 167 Å². The minimum absolute atomic E-state index is 0.0986. The van der Waals surface area contributed by atoms with Crippen molar-refractivity contribution < 1.29 is 4.58 Å². The molecule has 0 radical (unpaired) electrons. The van der Waals surface area contributed by atoms with Gasteiger partial charge in [0.05, 0.1) is 0 Å². The maximum atomic E-state index is 2.48. The normalized spacial score (nSPS) is 22.1. The van der Waals surface area contributed by atoms with Crippen LogP contribution < -0.4 is 0 Å². The molecule has 1 heteroatoms. The molecule has 0 N–H and O–H groups in total. The van der Waals surface area contributed by atoms with Crippen molar-refractivity contribution in [2.24, 2.45) is 0 Å². The van der Waals surface area contributed by atoms with Gasteiger partial charge in [0.2, 0.25) is 5.69 Å². The highest BCUT2D eigenvalue weighted by Crippen LogP contribution is 2.52. The van der Waals surface area contributed by atoms with E-state index >= 15 is 0 Å². The second kappa shape index (κ2) is 6.04. The van der Waals surface area contributed by atoms with E-state index in [1.54, 1.807) is 0 Å². The number of nitrogens with zero attached hydrogens (tertiary/aromatic N) is 1. The lowest BCUT2D eigenvalue weighted by Gasteiger charge is -2.35. The molecule has 1 heterocycles. The molecule has 138 valence electrons. The summed E-state index contributed by atoms with van der Waals surface area (Å²) < 4.78 is 2.48. The molecule has 0 fully saturated rings. The average Bonchev–Trinajstić information content (AvgIpc) is 2.98. The number of hydrogen-bond acceptors (Lipinski definition) is 0. The summed E-state index contributed by atoms with van der Waals surface area (Å²) in [4.78, 5) is 0. The van der Waals surface area contributed by atoms with Crippen LogP contribution in [-0.4, -0.2) is 16.3 Å². The molecule has 28 heavy (non-hydrogen) atoms. The van der Waals surface area contributed by atoms with Gasteiger partial charge in [-0.2, -0.15) is 4.58 Å². The summed E-state index contributed by atoms with van der Waals surface area (Å²) in [7, 11) is 0. The second-order valence-corrected chi connectivity index (χ2v) is 8.55. The van der Waals surface area contributed by atoms with E-state index in [9.17, 15) is 0 Å². The minimum Gasteiger partial charge on any atom is -0.192 e. The third kappa shape index (κ3) is 2.29. The van der Waals surface area contributed by atoms with Gasteiger partial charge >= 0.3 is 0 Å². The Morgan fingerprint density at radius 3 is 2.21 bits per heavy atom. The summed E-state index contributed by atoms with van der Waals surface area (Å²) >= 11 is 0. The van der Waals surface area contributed by atoms with E-state index in [4.69, 9.17) is 0 Å². The van der Waals surface area contributed by atoms with Crippen molar-refractivity contribution in [1.29, 1.82) is 0 Å². The molecular formula is C27H26N+.